The highest BCUT2D eigenvalue weighted by Gasteiger charge is 2.30. The summed E-state index contributed by atoms with van der Waals surface area (Å²) in [5, 5.41) is 2.84. The average Bonchev–Trinajstić information content (AvgIpc) is 2.91. The maximum Gasteiger partial charge on any atom is 0.297 e. The fourth-order valence-corrected chi connectivity index (χ4v) is 3.18. The molecule has 1 aliphatic heterocycles. The molecule has 0 spiro atoms. The van der Waals surface area contributed by atoms with Crippen molar-refractivity contribution >= 4 is 46.2 Å². The Balaban J connectivity index is 1.86. The van der Waals surface area contributed by atoms with Crippen molar-refractivity contribution in [2.24, 2.45) is 4.99 Å². The molecule has 128 valence electrons. The molecule has 2 aromatic rings. The lowest BCUT2D eigenvalue weighted by atomic mass is 10.2. The summed E-state index contributed by atoms with van der Waals surface area (Å²) < 4.78 is 0. The van der Waals surface area contributed by atoms with Gasteiger partial charge in [-0.15, -0.1) is 0 Å². The van der Waals surface area contributed by atoms with E-state index in [4.69, 9.17) is 11.6 Å². The number of amidine groups is 1. The van der Waals surface area contributed by atoms with Gasteiger partial charge in [0.15, 0.2) is 5.17 Å². The van der Waals surface area contributed by atoms with Crippen molar-refractivity contribution in [2.45, 2.75) is 13.3 Å². The fourth-order valence-electron chi connectivity index (χ4n) is 2.24. The zero-order chi connectivity index (χ0) is 17.6. The second-order valence-corrected chi connectivity index (χ2v) is 6.94. The smallest absolute Gasteiger partial charge is 0.289 e. The molecular formula is C19H18ClN3OS. The Morgan fingerprint density at radius 3 is 2.56 bits per heavy atom. The highest BCUT2D eigenvalue weighted by molar-refractivity contribution is 8.13. The van der Waals surface area contributed by atoms with Crippen molar-refractivity contribution in [2.75, 3.05) is 11.2 Å². The van der Waals surface area contributed by atoms with E-state index in [1.165, 1.54) is 5.01 Å². The fraction of sp³-hybridized carbons (Fsp3) is 0.158. The minimum Gasteiger partial charge on any atom is -0.289 e. The van der Waals surface area contributed by atoms with Crippen LogP contribution in [0, 0.1) is 0 Å². The van der Waals surface area contributed by atoms with E-state index in [0.717, 1.165) is 23.4 Å². The van der Waals surface area contributed by atoms with E-state index in [2.05, 4.69) is 17.3 Å². The second kappa shape index (κ2) is 8.23. The van der Waals surface area contributed by atoms with E-state index in [-0.39, 0.29) is 5.91 Å². The summed E-state index contributed by atoms with van der Waals surface area (Å²) in [6.07, 6.45) is 2.78. The highest BCUT2D eigenvalue weighted by atomic mass is 35.5. The Kier molecular flexibility index (Phi) is 5.79. The van der Waals surface area contributed by atoms with E-state index < -0.39 is 0 Å². The number of rotatable bonds is 5. The van der Waals surface area contributed by atoms with E-state index in [1.807, 2.05) is 42.5 Å². The monoisotopic (exact) mass is 371 g/mol. The standard InChI is InChI=1S/C19H18ClN3OS/c1-2-12-25-19-21-17(13-14-8-10-15(20)11-9-14)18(24)23(19)22-16-6-4-3-5-7-16/h3-11,13,22H,2,12H2,1H3/b17-13-. The normalized spacial score (nSPS) is 15.6. The molecule has 0 radical (unpaired) electrons. The van der Waals surface area contributed by atoms with Crippen LogP contribution in [-0.4, -0.2) is 21.8 Å². The van der Waals surface area contributed by atoms with Gasteiger partial charge in [0.2, 0.25) is 0 Å². The SMILES string of the molecule is CCCSC1=N/C(=C\c2ccc(Cl)cc2)C(=O)N1Nc1ccccc1. The number of carbonyl (C=O) groups is 1. The number of benzene rings is 2. The number of aliphatic imine (C=N–C) groups is 1. The van der Waals surface area contributed by atoms with E-state index in [0.29, 0.717) is 15.9 Å². The van der Waals surface area contributed by atoms with Gasteiger partial charge in [-0.05, 0) is 42.3 Å². The van der Waals surface area contributed by atoms with Gasteiger partial charge in [-0.1, -0.05) is 60.6 Å². The van der Waals surface area contributed by atoms with Crippen LogP contribution >= 0.6 is 23.4 Å². The van der Waals surface area contributed by atoms with Gasteiger partial charge in [-0.2, -0.15) is 5.01 Å². The number of hydrazine groups is 1. The third kappa shape index (κ3) is 4.44. The van der Waals surface area contributed by atoms with Crippen molar-refractivity contribution in [1.82, 2.24) is 5.01 Å². The summed E-state index contributed by atoms with van der Waals surface area (Å²) in [6.45, 7) is 2.10. The van der Waals surface area contributed by atoms with Crippen LogP contribution in [0.15, 0.2) is 65.3 Å². The molecule has 0 bridgehead atoms. The van der Waals surface area contributed by atoms with Gasteiger partial charge >= 0.3 is 0 Å². The molecule has 1 amide bonds. The lowest BCUT2D eigenvalue weighted by Gasteiger charge is -2.19. The van der Waals surface area contributed by atoms with E-state index >= 15 is 0 Å². The zero-order valence-electron chi connectivity index (χ0n) is 13.8. The molecule has 25 heavy (non-hydrogen) atoms. The maximum absolute atomic E-state index is 12.8. The minimum absolute atomic E-state index is 0.169. The number of thioether (sulfide) groups is 1. The topological polar surface area (TPSA) is 44.7 Å². The Bertz CT molecular complexity index is 803. The van der Waals surface area contributed by atoms with Crippen molar-refractivity contribution in [3.8, 4) is 0 Å². The molecule has 1 aliphatic rings. The Labute approximate surface area is 156 Å². The summed E-state index contributed by atoms with van der Waals surface area (Å²) in [5.41, 5.74) is 5.28. The molecule has 0 atom stereocenters. The summed E-state index contributed by atoms with van der Waals surface area (Å²) in [6, 6.07) is 16.9. The first-order valence-corrected chi connectivity index (χ1v) is 9.38. The number of para-hydroxylation sites is 1. The maximum atomic E-state index is 12.8. The first kappa shape index (κ1) is 17.6. The Hall–Kier alpha value is -2.24. The van der Waals surface area contributed by atoms with E-state index in [1.54, 1.807) is 30.0 Å². The molecule has 1 heterocycles. The van der Waals surface area contributed by atoms with Crippen molar-refractivity contribution in [3.05, 3.63) is 70.9 Å². The average molecular weight is 372 g/mol. The van der Waals surface area contributed by atoms with E-state index in [9.17, 15) is 4.79 Å². The van der Waals surface area contributed by atoms with Crippen molar-refractivity contribution in [1.29, 1.82) is 0 Å². The first-order chi connectivity index (χ1) is 12.2. The third-order valence-corrected chi connectivity index (χ3v) is 4.85. The molecule has 1 N–H and O–H groups in total. The molecule has 3 rings (SSSR count). The Morgan fingerprint density at radius 2 is 1.88 bits per heavy atom. The lowest BCUT2D eigenvalue weighted by Crippen LogP contribution is -2.36. The number of hydrogen-bond acceptors (Lipinski definition) is 4. The number of amides is 1. The van der Waals surface area contributed by atoms with Gasteiger partial charge in [0, 0.05) is 10.8 Å². The number of halogens is 1. The van der Waals surface area contributed by atoms with Crippen LogP contribution < -0.4 is 5.43 Å². The molecule has 0 fully saturated rings. The second-order valence-electron chi connectivity index (χ2n) is 5.44. The number of carbonyl (C=O) groups excluding carboxylic acids is 1. The predicted octanol–water partition coefficient (Wildman–Crippen LogP) is 5.05. The van der Waals surface area contributed by atoms with Crippen LogP contribution in [0.2, 0.25) is 5.02 Å². The molecule has 0 saturated heterocycles. The zero-order valence-corrected chi connectivity index (χ0v) is 15.3. The van der Waals surface area contributed by atoms with Gasteiger partial charge in [0.1, 0.15) is 5.70 Å². The van der Waals surface area contributed by atoms with Crippen LogP contribution in [0.5, 0.6) is 0 Å². The third-order valence-electron chi connectivity index (χ3n) is 3.45. The number of nitrogens with zero attached hydrogens (tertiary/aromatic N) is 2. The van der Waals surface area contributed by atoms with Gasteiger partial charge in [0.25, 0.3) is 5.91 Å². The van der Waals surface area contributed by atoms with Crippen LogP contribution in [0.3, 0.4) is 0 Å². The summed E-state index contributed by atoms with van der Waals surface area (Å²) in [5.74, 6) is 0.727. The van der Waals surface area contributed by atoms with Gasteiger partial charge < -0.3 is 0 Å². The number of nitrogens with one attached hydrogen (secondary N) is 1. The van der Waals surface area contributed by atoms with Gasteiger partial charge in [0.05, 0.1) is 5.69 Å². The first-order valence-electron chi connectivity index (χ1n) is 8.02. The van der Waals surface area contributed by atoms with Crippen LogP contribution in [0.4, 0.5) is 5.69 Å². The summed E-state index contributed by atoms with van der Waals surface area (Å²) in [4.78, 5) is 17.3. The van der Waals surface area contributed by atoms with Gasteiger partial charge in [-0.25, -0.2) is 4.99 Å². The largest absolute Gasteiger partial charge is 0.297 e. The lowest BCUT2D eigenvalue weighted by molar-refractivity contribution is -0.121. The molecule has 0 aromatic heterocycles. The molecule has 2 aromatic carbocycles. The molecule has 0 unspecified atom stereocenters. The predicted molar refractivity (Wildman–Crippen MR) is 107 cm³/mol. The molecule has 4 nitrogen and oxygen atoms in total. The minimum atomic E-state index is -0.169. The molecular weight excluding hydrogens is 354 g/mol. The van der Waals surface area contributed by atoms with Crippen molar-refractivity contribution in [3.63, 3.8) is 0 Å². The van der Waals surface area contributed by atoms with Crippen LogP contribution in [0.25, 0.3) is 6.08 Å². The summed E-state index contributed by atoms with van der Waals surface area (Å²) >= 11 is 7.48. The molecule has 0 saturated carbocycles. The van der Waals surface area contributed by atoms with Crippen LogP contribution in [-0.2, 0) is 4.79 Å². The molecule has 6 heteroatoms. The van der Waals surface area contributed by atoms with Gasteiger partial charge in [-0.3, -0.25) is 10.2 Å². The quantitative estimate of drug-likeness (QED) is 0.748. The molecule has 0 aliphatic carbocycles. The number of hydrogen-bond donors (Lipinski definition) is 1. The van der Waals surface area contributed by atoms with Crippen LogP contribution in [0.1, 0.15) is 18.9 Å². The van der Waals surface area contributed by atoms with Crippen molar-refractivity contribution < 1.29 is 4.79 Å². The highest BCUT2D eigenvalue weighted by Crippen LogP contribution is 2.25. The Morgan fingerprint density at radius 1 is 1.16 bits per heavy atom. The number of anilines is 1. The summed E-state index contributed by atoms with van der Waals surface area (Å²) in [7, 11) is 0.